The maximum absolute atomic E-state index is 12.5. The minimum Gasteiger partial charge on any atom is -0.497 e. The third kappa shape index (κ3) is 5.48. The molecule has 0 fully saturated rings. The minimum atomic E-state index is -0.139. The number of carbonyl (C=O) groups is 1. The van der Waals surface area contributed by atoms with Crippen molar-refractivity contribution >= 4 is 17.4 Å². The van der Waals surface area contributed by atoms with E-state index in [0.717, 1.165) is 29.0 Å². The number of anilines is 2. The molecule has 0 spiro atoms. The highest BCUT2D eigenvalue weighted by Crippen LogP contribution is 2.28. The number of benzene rings is 2. The maximum Gasteiger partial charge on any atom is 0.251 e. The molecule has 2 N–H and O–H groups in total. The van der Waals surface area contributed by atoms with Crippen LogP contribution in [0.25, 0.3) is 0 Å². The fourth-order valence-electron chi connectivity index (χ4n) is 2.91. The first-order valence-corrected chi connectivity index (χ1v) is 9.38. The van der Waals surface area contributed by atoms with E-state index in [4.69, 9.17) is 9.47 Å². The van der Waals surface area contributed by atoms with Crippen molar-refractivity contribution in [2.75, 3.05) is 26.1 Å². The van der Waals surface area contributed by atoms with Crippen LogP contribution in [0.15, 0.2) is 60.8 Å². The van der Waals surface area contributed by atoms with Crippen LogP contribution in [-0.4, -0.2) is 31.7 Å². The van der Waals surface area contributed by atoms with Gasteiger partial charge in [-0.2, -0.15) is 0 Å². The molecular formula is C23H25N3O3. The molecule has 0 radical (unpaired) electrons. The summed E-state index contributed by atoms with van der Waals surface area (Å²) in [7, 11) is 3.26. The second-order valence-corrected chi connectivity index (χ2v) is 6.61. The van der Waals surface area contributed by atoms with E-state index in [1.807, 2.05) is 49.4 Å². The standard InChI is InChI=1S/C23H25N3O3/c1-16-4-9-21(29-3)20(14-16)26-22-15-18(11-13-24-22)23(27)25-12-10-17-5-7-19(28-2)8-6-17/h4-9,11,13-15H,10,12H2,1-3H3,(H,24,26)(H,25,27). The third-order valence-corrected chi connectivity index (χ3v) is 4.50. The molecule has 0 saturated heterocycles. The predicted molar refractivity (Wildman–Crippen MR) is 114 cm³/mol. The molecule has 2 aromatic carbocycles. The number of hydrogen-bond acceptors (Lipinski definition) is 5. The largest absolute Gasteiger partial charge is 0.497 e. The number of carbonyl (C=O) groups excluding carboxylic acids is 1. The molecule has 6 heteroatoms. The van der Waals surface area contributed by atoms with Gasteiger partial charge in [-0.15, -0.1) is 0 Å². The Labute approximate surface area is 170 Å². The van der Waals surface area contributed by atoms with Gasteiger partial charge < -0.3 is 20.1 Å². The van der Waals surface area contributed by atoms with E-state index in [-0.39, 0.29) is 5.91 Å². The number of amides is 1. The summed E-state index contributed by atoms with van der Waals surface area (Å²) >= 11 is 0. The third-order valence-electron chi connectivity index (χ3n) is 4.50. The van der Waals surface area contributed by atoms with E-state index < -0.39 is 0 Å². The molecule has 0 aliphatic carbocycles. The molecule has 0 saturated carbocycles. The van der Waals surface area contributed by atoms with Crippen molar-refractivity contribution < 1.29 is 14.3 Å². The molecule has 150 valence electrons. The van der Waals surface area contributed by atoms with E-state index in [2.05, 4.69) is 15.6 Å². The van der Waals surface area contributed by atoms with Gasteiger partial charge in [-0.3, -0.25) is 4.79 Å². The Morgan fingerprint density at radius 1 is 1.00 bits per heavy atom. The van der Waals surface area contributed by atoms with Gasteiger partial charge in [0.15, 0.2) is 0 Å². The maximum atomic E-state index is 12.5. The van der Waals surface area contributed by atoms with Gasteiger partial charge in [-0.25, -0.2) is 4.98 Å². The molecule has 0 bridgehead atoms. The number of aromatic nitrogens is 1. The van der Waals surface area contributed by atoms with E-state index in [9.17, 15) is 4.79 Å². The normalized spacial score (nSPS) is 10.3. The topological polar surface area (TPSA) is 72.5 Å². The van der Waals surface area contributed by atoms with Crippen LogP contribution in [0, 0.1) is 6.92 Å². The first kappa shape index (κ1) is 20.2. The van der Waals surface area contributed by atoms with Crippen molar-refractivity contribution in [3.63, 3.8) is 0 Å². The summed E-state index contributed by atoms with van der Waals surface area (Å²) in [5.41, 5.74) is 3.58. The van der Waals surface area contributed by atoms with Crippen LogP contribution in [0.1, 0.15) is 21.5 Å². The van der Waals surface area contributed by atoms with Crippen LogP contribution < -0.4 is 20.1 Å². The Hall–Kier alpha value is -3.54. The van der Waals surface area contributed by atoms with Crippen molar-refractivity contribution in [2.24, 2.45) is 0 Å². The monoisotopic (exact) mass is 391 g/mol. The van der Waals surface area contributed by atoms with Gasteiger partial charge in [0.2, 0.25) is 0 Å². The molecule has 1 amide bonds. The minimum absolute atomic E-state index is 0.139. The summed E-state index contributed by atoms with van der Waals surface area (Å²) in [5.74, 6) is 1.98. The second-order valence-electron chi connectivity index (χ2n) is 6.61. The highest BCUT2D eigenvalue weighted by molar-refractivity contribution is 5.95. The number of pyridine rings is 1. The van der Waals surface area contributed by atoms with Crippen molar-refractivity contribution in [2.45, 2.75) is 13.3 Å². The Kier molecular flexibility index (Phi) is 6.68. The van der Waals surface area contributed by atoms with Crippen molar-refractivity contribution in [3.8, 4) is 11.5 Å². The smallest absolute Gasteiger partial charge is 0.251 e. The van der Waals surface area contributed by atoms with Gasteiger partial charge in [0, 0.05) is 18.3 Å². The predicted octanol–water partition coefficient (Wildman–Crippen LogP) is 4.12. The molecule has 3 rings (SSSR count). The molecule has 0 aliphatic rings. The highest BCUT2D eigenvalue weighted by Gasteiger charge is 2.09. The lowest BCUT2D eigenvalue weighted by molar-refractivity contribution is 0.0954. The van der Waals surface area contributed by atoms with Crippen molar-refractivity contribution in [1.29, 1.82) is 0 Å². The Morgan fingerprint density at radius 3 is 2.52 bits per heavy atom. The molecule has 3 aromatic rings. The summed E-state index contributed by atoms with van der Waals surface area (Å²) in [5, 5.41) is 6.17. The summed E-state index contributed by atoms with van der Waals surface area (Å²) in [6, 6.07) is 17.1. The summed E-state index contributed by atoms with van der Waals surface area (Å²) in [6.45, 7) is 2.55. The lowest BCUT2D eigenvalue weighted by Gasteiger charge is -2.12. The van der Waals surface area contributed by atoms with E-state index in [0.29, 0.717) is 23.7 Å². The average molecular weight is 391 g/mol. The zero-order chi connectivity index (χ0) is 20.6. The zero-order valence-corrected chi connectivity index (χ0v) is 16.9. The first-order valence-electron chi connectivity index (χ1n) is 9.38. The summed E-state index contributed by atoms with van der Waals surface area (Å²) < 4.78 is 10.5. The number of methoxy groups -OCH3 is 2. The molecule has 29 heavy (non-hydrogen) atoms. The molecule has 6 nitrogen and oxygen atoms in total. The number of rotatable bonds is 8. The van der Waals surface area contributed by atoms with Crippen molar-refractivity contribution in [1.82, 2.24) is 10.3 Å². The van der Waals surface area contributed by atoms with Crippen LogP contribution in [0.3, 0.4) is 0 Å². The van der Waals surface area contributed by atoms with E-state index in [1.165, 1.54) is 0 Å². The van der Waals surface area contributed by atoms with E-state index >= 15 is 0 Å². The number of aryl methyl sites for hydroxylation is 1. The van der Waals surface area contributed by atoms with Gasteiger partial charge in [0.1, 0.15) is 17.3 Å². The quantitative estimate of drug-likeness (QED) is 0.604. The van der Waals surface area contributed by atoms with Gasteiger partial charge in [0.25, 0.3) is 5.91 Å². The average Bonchev–Trinajstić information content (AvgIpc) is 2.74. The number of hydrogen-bond donors (Lipinski definition) is 2. The van der Waals surface area contributed by atoms with E-state index in [1.54, 1.807) is 32.5 Å². The Morgan fingerprint density at radius 2 is 1.79 bits per heavy atom. The van der Waals surface area contributed by atoms with Crippen LogP contribution in [0.2, 0.25) is 0 Å². The molecule has 0 aliphatic heterocycles. The fraction of sp³-hybridized carbons (Fsp3) is 0.217. The van der Waals surface area contributed by atoms with Gasteiger partial charge >= 0.3 is 0 Å². The van der Waals surface area contributed by atoms with Crippen molar-refractivity contribution in [3.05, 3.63) is 77.5 Å². The molecule has 0 atom stereocenters. The SMILES string of the molecule is COc1ccc(CCNC(=O)c2ccnc(Nc3cc(C)ccc3OC)c2)cc1. The number of nitrogens with zero attached hydrogens (tertiary/aromatic N) is 1. The molecule has 0 unspecified atom stereocenters. The molecule has 1 aromatic heterocycles. The van der Waals surface area contributed by atoms with Crippen LogP contribution in [-0.2, 0) is 6.42 Å². The molecular weight excluding hydrogens is 366 g/mol. The van der Waals surface area contributed by atoms with Crippen LogP contribution in [0.5, 0.6) is 11.5 Å². The lowest BCUT2D eigenvalue weighted by Crippen LogP contribution is -2.25. The number of ether oxygens (including phenoxy) is 2. The lowest BCUT2D eigenvalue weighted by atomic mass is 10.1. The van der Waals surface area contributed by atoms with Gasteiger partial charge in [-0.05, 0) is 60.9 Å². The Bertz CT molecular complexity index is 971. The molecule has 1 heterocycles. The van der Waals surface area contributed by atoms with Crippen LogP contribution >= 0.6 is 0 Å². The highest BCUT2D eigenvalue weighted by atomic mass is 16.5. The second kappa shape index (κ2) is 9.59. The first-order chi connectivity index (χ1) is 14.1. The zero-order valence-electron chi connectivity index (χ0n) is 16.9. The van der Waals surface area contributed by atoms with Gasteiger partial charge in [0.05, 0.1) is 19.9 Å². The Balaban J connectivity index is 1.61. The van der Waals surface area contributed by atoms with Gasteiger partial charge in [-0.1, -0.05) is 18.2 Å². The fourth-order valence-corrected chi connectivity index (χ4v) is 2.91. The number of nitrogens with one attached hydrogen (secondary N) is 2. The van der Waals surface area contributed by atoms with Crippen LogP contribution in [0.4, 0.5) is 11.5 Å². The summed E-state index contributed by atoms with van der Waals surface area (Å²) in [4.78, 5) is 16.8. The summed E-state index contributed by atoms with van der Waals surface area (Å²) in [6.07, 6.45) is 2.36.